The van der Waals surface area contributed by atoms with Gasteiger partial charge in [-0.25, -0.2) is 0 Å². The van der Waals surface area contributed by atoms with Gasteiger partial charge in [0.15, 0.2) is 5.78 Å². The number of aryl methyl sites for hydroxylation is 1. The summed E-state index contributed by atoms with van der Waals surface area (Å²) < 4.78 is 0.843. The number of halogens is 2. The van der Waals surface area contributed by atoms with Crippen molar-refractivity contribution in [1.82, 2.24) is 4.90 Å². The number of anilines is 2. The molecule has 0 bridgehead atoms. The number of nitrogens with one attached hydrogen (secondary N) is 2. The van der Waals surface area contributed by atoms with E-state index in [-0.39, 0.29) is 23.6 Å². The molecule has 0 saturated carbocycles. The predicted octanol–water partition coefficient (Wildman–Crippen LogP) is 5.43. The highest BCUT2D eigenvalue weighted by Gasteiger charge is 2.78. The summed E-state index contributed by atoms with van der Waals surface area (Å²) in [4.78, 5) is 45.4. The van der Waals surface area contributed by atoms with Crippen molar-refractivity contribution in [3.05, 3.63) is 92.4 Å². The van der Waals surface area contributed by atoms with Crippen LogP contribution in [0.1, 0.15) is 39.9 Å². The molecule has 2 fully saturated rings. The number of amides is 2. The maximum atomic E-state index is 14.8. The van der Waals surface area contributed by atoms with E-state index in [1.54, 1.807) is 12.1 Å². The number of nitrogens with zero attached hydrogens (tertiary/aromatic N) is 1. The molecule has 0 aliphatic carbocycles. The zero-order valence-corrected chi connectivity index (χ0v) is 22.3. The summed E-state index contributed by atoms with van der Waals surface area (Å²) in [6.45, 7) is 2.53. The number of ketones is 1. The van der Waals surface area contributed by atoms with E-state index >= 15 is 0 Å². The minimum absolute atomic E-state index is 0.224. The van der Waals surface area contributed by atoms with Gasteiger partial charge in [0.2, 0.25) is 11.8 Å². The first kappa shape index (κ1) is 23.1. The smallest absolute Gasteiger partial charge is 0.250 e. The number of carbonyl (C=O) groups excluding carboxylic acids is 3. The molecule has 2 amide bonds. The highest BCUT2D eigenvalue weighted by molar-refractivity contribution is 9.10. The molecule has 2 spiro atoms. The average molecular weight is 577 g/mol. The Morgan fingerprint density at radius 2 is 1.78 bits per heavy atom. The van der Waals surface area contributed by atoms with Crippen LogP contribution < -0.4 is 10.6 Å². The third kappa shape index (κ3) is 2.72. The maximum Gasteiger partial charge on any atom is 0.250 e. The summed E-state index contributed by atoms with van der Waals surface area (Å²) in [5, 5.41) is 6.53. The standard InChI is InChI=1S/C29H23BrClN3O3/c1-15-13-19-23(20(31)14-15)33-27(37)29(19)25(24(35)16-8-10-17(30)11-9-16)28(22-7-4-12-34(22)29)18-5-2-3-6-21(18)32-26(28)36/h2-3,5-6,8-11,13-14,22,25H,4,7,12H2,1H3,(H,32,36)(H,33,37)/t22-,25+,28+,29+/m0/s1. The molecular weight excluding hydrogens is 554 g/mol. The fourth-order valence-corrected chi connectivity index (χ4v) is 8.10. The SMILES string of the molecule is Cc1cc(Cl)c2c(c1)[C@]1(C(=O)N2)[C@H](C(=O)c2ccc(Br)cc2)[C@]2(C(=O)Nc3ccccc32)[C@@H]2CCCN21. The van der Waals surface area contributed by atoms with Crippen molar-refractivity contribution in [2.24, 2.45) is 5.92 Å². The molecule has 0 unspecified atom stereocenters. The second kappa shape index (κ2) is 7.76. The normalized spacial score (nSPS) is 29.4. The lowest BCUT2D eigenvalue weighted by atomic mass is 9.60. The Morgan fingerprint density at radius 1 is 1.03 bits per heavy atom. The summed E-state index contributed by atoms with van der Waals surface area (Å²) in [5.74, 6) is -1.74. The molecule has 4 heterocycles. The van der Waals surface area contributed by atoms with Gasteiger partial charge in [0, 0.05) is 27.3 Å². The van der Waals surface area contributed by atoms with Crippen molar-refractivity contribution in [2.75, 3.05) is 17.2 Å². The van der Waals surface area contributed by atoms with Gasteiger partial charge in [-0.05, 0) is 61.7 Å². The Balaban J connectivity index is 1.60. The summed E-state index contributed by atoms with van der Waals surface area (Å²) in [6.07, 6.45) is 1.53. The van der Waals surface area contributed by atoms with Crippen LogP contribution >= 0.6 is 27.5 Å². The topological polar surface area (TPSA) is 78.5 Å². The van der Waals surface area contributed by atoms with Crippen LogP contribution in [0, 0.1) is 12.8 Å². The molecule has 37 heavy (non-hydrogen) atoms. The van der Waals surface area contributed by atoms with Crippen LogP contribution in [0.25, 0.3) is 0 Å². The number of rotatable bonds is 2. The van der Waals surface area contributed by atoms with E-state index in [1.807, 2.05) is 55.5 Å². The van der Waals surface area contributed by atoms with Gasteiger partial charge < -0.3 is 10.6 Å². The van der Waals surface area contributed by atoms with Crippen LogP contribution in [0.15, 0.2) is 65.1 Å². The summed E-state index contributed by atoms with van der Waals surface area (Å²) in [7, 11) is 0. The first-order valence-corrected chi connectivity index (χ1v) is 13.6. The first-order valence-electron chi connectivity index (χ1n) is 12.4. The predicted molar refractivity (Wildman–Crippen MR) is 145 cm³/mol. The fraction of sp³-hybridized carbons (Fsp3) is 0.276. The van der Waals surface area contributed by atoms with E-state index in [0.717, 1.165) is 22.0 Å². The number of benzene rings is 3. The lowest BCUT2D eigenvalue weighted by Crippen LogP contribution is -2.55. The quantitative estimate of drug-likeness (QED) is 0.399. The molecule has 186 valence electrons. The molecule has 8 heteroatoms. The number of Topliss-reactive ketones (excluding diaryl/α,β-unsaturated/α-hetero) is 1. The van der Waals surface area contributed by atoms with Crippen LogP contribution in [-0.4, -0.2) is 35.1 Å². The summed E-state index contributed by atoms with van der Waals surface area (Å²) in [6, 6.07) is 18.2. The number of fused-ring (bicyclic) bond motifs is 7. The van der Waals surface area contributed by atoms with Crippen molar-refractivity contribution in [2.45, 2.75) is 36.8 Å². The monoisotopic (exact) mass is 575 g/mol. The minimum Gasteiger partial charge on any atom is -0.325 e. The molecule has 3 aromatic carbocycles. The molecule has 2 saturated heterocycles. The van der Waals surface area contributed by atoms with E-state index in [2.05, 4.69) is 31.5 Å². The number of para-hydroxylation sites is 1. The van der Waals surface area contributed by atoms with Gasteiger partial charge in [0.1, 0.15) is 11.0 Å². The molecule has 2 N–H and O–H groups in total. The van der Waals surface area contributed by atoms with Gasteiger partial charge in [-0.1, -0.05) is 63.9 Å². The number of hydrogen-bond donors (Lipinski definition) is 2. The largest absolute Gasteiger partial charge is 0.325 e. The third-order valence-corrected chi connectivity index (χ3v) is 9.55. The summed E-state index contributed by atoms with van der Waals surface area (Å²) in [5.41, 5.74) is 1.44. The van der Waals surface area contributed by atoms with Crippen molar-refractivity contribution in [1.29, 1.82) is 0 Å². The minimum atomic E-state index is -1.37. The average Bonchev–Trinajstić information content (AvgIpc) is 3.59. The Hall–Kier alpha value is -3.00. The Morgan fingerprint density at radius 3 is 2.57 bits per heavy atom. The Labute approximate surface area is 227 Å². The van der Waals surface area contributed by atoms with Crippen molar-refractivity contribution >= 4 is 56.5 Å². The molecule has 4 atom stereocenters. The second-order valence-electron chi connectivity index (χ2n) is 10.4. The van der Waals surface area contributed by atoms with Gasteiger partial charge in [0.25, 0.3) is 0 Å². The van der Waals surface area contributed by atoms with E-state index in [1.165, 1.54) is 0 Å². The lowest BCUT2D eigenvalue weighted by Gasteiger charge is -2.38. The van der Waals surface area contributed by atoms with Crippen LogP contribution in [0.3, 0.4) is 0 Å². The Kier molecular flexibility index (Phi) is 4.85. The fourth-order valence-electron chi connectivity index (χ4n) is 7.52. The third-order valence-electron chi connectivity index (χ3n) is 8.72. The van der Waals surface area contributed by atoms with Gasteiger partial charge in [-0.3, -0.25) is 19.3 Å². The molecule has 0 radical (unpaired) electrons. The number of carbonyl (C=O) groups is 3. The lowest BCUT2D eigenvalue weighted by molar-refractivity contribution is -0.128. The zero-order chi connectivity index (χ0) is 25.7. The van der Waals surface area contributed by atoms with E-state index < -0.39 is 16.9 Å². The molecule has 4 aliphatic rings. The molecular formula is C29H23BrClN3O3. The van der Waals surface area contributed by atoms with Crippen molar-refractivity contribution in [3.63, 3.8) is 0 Å². The second-order valence-corrected chi connectivity index (χ2v) is 11.7. The van der Waals surface area contributed by atoms with Crippen LogP contribution in [-0.2, 0) is 20.5 Å². The van der Waals surface area contributed by atoms with E-state index in [9.17, 15) is 14.4 Å². The first-order chi connectivity index (χ1) is 17.8. The van der Waals surface area contributed by atoms with Crippen molar-refractivity contribution < 1.29 is 14.4 Å². The summed E-state index contributed by atoms with van der Waals surface area (Å²) >= 11 is 10.1. The van der Waals surface area contributed by atoms with Gasteiger partial charge in [-0.15, -0.1) is 0 Å². The van der Waals surface area contributed by atoms with Gasteiger partial charge in [0.05, 0.1) is 16.6 Å². The highest BCUT2D eigenvalue weighted by Crippen LogP contribution is 2.66. The van der Waals surface area contributed by atoms with Crippen LogP contribution in [0.4, 0.5) is 11.4 Å². The molecule has 6 nitrogen and oxygen atoms in total. The molecule has 3 aromatic rings. The number of hydrogen-bond acceptors (Lipinski definition) is 4. The molecule has 7 rings (SSSR count). The van der Waals surface area contributed by atoms with E-state index in [0.29, 0.717) is 40.5 Å². The van der Waals surface area contributed by atoms with Gasteiger partial charge >= 0.3 is 0 Å². The molecule has 0 aromatic heterocycles. The van der Waals surface area contributed by atoms with Gasteiger partial charge in [-0.2, -0.15) is 0 Å². The van der Waals surface area contributed by atoms with E-state index in [4.69, 9.17) is 11.6 Å². The maximum absolute atomic E-state index is 14.8. The van der Waals surface area contributed by atoms with Crippen LogP contribution in [0.2, 0.25) is 5.02 Å². The van der Waals surface area contributed by atoms with Crippen molar-refractivity contribution in [3.8, 4) is 0 Å². The molecule has 4 aliphatic heterocycles. The zero-order valence-electron chi connectivity index (χ0n) is 20.0. The Bertz CT molecular complexity index is 1540. The highest BCUT2D eigenvalue weighted by atomic mass is 79.9. The van der Waals surface area contributed by atoms with Crippen LogP contribution in [0.5, 0.6) is 0 Å².